The van der Waals surface area contributed by atoms with E-state index < -0.39 is 0 Å². The van der Waals surface area contributed by atoms with Crippen molar-refractivity contribution in [3.8, 4) is 11.5 Å². The van der Waals surface area contributed by atoms with Crippen molar-refractivity contribution in [2.75, 3.05) is 11.9 Å². The molecule has 1 N–H and O–H groups in total. The van der Waals surface area contributed by atoms with E-state index in [4.69, 9.17) is 9.47 Å². The molecule has 1 unspecified atom stereocenters. The highest BCUT2D eigenvalue weighted by atomic mass is 16.5. The van der Waals surface area contributed by atoms with Crippen LogP contribution in [0.15, 0.2) is 60.7 Å². The molecule has 0 aliphatic rings. The number of aromatic nitrogens is 1. The molecule has 0 aliphatic heterocycles. The van der Waals surface area contributed by atoms with Gasteiger partial charge in [0.15, 0.2) is 0 Å². The average molecular weight is 433 g/mol. The molecule has 0 fully saturated rings. The lowest BCUT2D eigenvalue weighted by Gasteiger charge is -2.13. The average Bonchev–Trinajstić information content (AvgIpc) is 2.76. The number of hydrogen-bond donors (Lipinski definition) is 1. The van der Waals surface area contributed by atoms with Gasteiger partial charge in [0, 0.05) is 24.4 Å². The Morgan fingerprint density at radius 3 is 2.50 bits per heavy atom. The van der Waals surface area contributed by atoms with Gasteiger partial charge in [-0.05, 0) is 81.3 Å². The summed E-state index contributed by atoms with van der Waals surface area (Å²) in [7, 11) is 0. The van der Waals surface area contributed by atoms with E-state index in [9.17, 15) is 4.79 Å². The van der Waals surface area contributed by atoms with E-state index in [0.717, 1.165) is 36.5 Å². The number of aryl methyl sites for hydroxylation is 2. The minimum Gasteiger partial charge on any atom is -0.457 e. The number of carbonyl (C=O) groups excluding carboxylic acids is 1. The number of rotatable bonds is 10. The number of hydrogen-bond acceptors (Lipinski definition) is 4. The second kappa shape index (κ2) is 11.4. The van der Waals surface area contributed by atoms with Crippen molar-refractivity contribution < 1.29 is 14.3 Å². The van der Waals surface area contributed by atoms with E-state index in [1.165, 1.54) is 5.56 Å². The summed E-state index contributed by atoms with van der Waals surface area (Å²) in [6.45, 7) is 8.70. The second-order valence-corrected chi connectivity index (χ2v) is 7.88. The van der Waals surface area contributed by atoms with E-state index in [0.29, 0.717) is 23.6 Å². The number of amides is 1. The van der Waals surface area contributed by atoms with E-state index in [2.05, 4.69) is 29.4 Å². The normalized spacial score (nSPS) is 11.8. The zero-order valence-electron chi connectivity index (χ0n) is 19.4. The summed E-state index contributed by atoms with van der Waals surface area (Å²) in [5.74, 6) is 1.36. The molecular weight excluding hydrogens is 400 g/mol. The minimum absolute atomic E-state index is 0.0985. The molecule has 0 aliphatic carbocycles. The van der Waals surface area contributed by atoms with Crippen LogP contribution in [0.25, 0.3) is 0 Å². The topological polar surface area (TPSA) is 60.5 Å². The summed E-state index contributed by atoms with van der Waals surface area (Å²) < 4.78 is 11.5. The van der Waals surface area contributed by atoms with Gasteiger partial charge in [0.1, 0.15) is 11.5 Å². The number of nitrogens with one attached hydrogen (secondary N) is 1. The molecular formula is C27H32N2O3. The predicted molar refractivity (Wildman–Crippen MR) is 129 cm³/mol. The summed E-state index contributed by atoms with van der Waals surface area (Å²) in [6, 6.07) is 19.2. The number of carbonyl (C=O) groups is 1. The van der Waals surface area contributed by atoms with E-state index >= 15 is 0 Å². The molecule has 0 bridgehead atoms. The molecule has 1 heterocycles. The van der Waals surface area contributed by atoms with Crippen LogP contribution in [0.2, 0.25) is 0 Å². The maximum absolute atomic E-state index is 12.7. The van der Waals surface area contributed by atoms with Crippen molar-refractivity contribution in [2.24, 2.45) is 0 Å². The van der Waals surface area contributed by atoms with Crippen molar-refractivity contribution in [3.63, 3.8) is 0 Å². The first-order valence-electron chi connectivity index (χ1n) is 11.2. The largest absolute Gasteiger partial charge is 0.457 e. The molecule has 1 aromatic heterocycles. The molecule has 0 saturated carbocycles. The van der Waals surface area contributed by atoms with Gasteiger partial charge in [-0.25, -0.2) is 0 Å². The van der Waals surface area contributed by atoms with Crippen LogP contribution in [0.3, 0.4) is 0 Å². The van der Waals surface area contributed by atoms with E-state index in [1.807, 2.05) is 69.3 Å². The van der Waals surface area contributed by atoms with Crippen LogP contribution >= 0.6 is 0 Å². The summed E-state index contributed by atoms with van der Waals surface area (Å²) >= 11 is 0. The monoisotopic (exact) mass is 432 g/mol. The number of benzene rings is 2. The van der Waals surface area contributed by atoms with Crippen molar-refractivity contribution in [3.05, 3.63) is 83.2 Å². The number of pyridine rings is 1. The predicted octanol–water partition coefficient (Wildman–Crippen LogP) is 6.35. The van der Waals surface area contributed by atoms with Crippen LogP contribution in [-0.2, 0) is 17.6 Å². The first kappa shape index (κ1) is 23.5. The van der Waals surface area contributed by atoms with Crippen LogP contribution in [0.1, 0.15) is 54.5 Å². The van der Waals surface area contributed by atoms with Gasteiger partial charge < -0.3 is 14.8 Å². The highest BCUT2D eigenvalue weighted by molar-refractivity contribution is 6.05. The molecule has 0 radical (unpaired) electrons. The smallest absolute Gasteiger partial charge is 0.257 e. The van der Waals surface area contributed by atoms with Crippen LogP contribution < -0.4 is 10.1 Å². The van der Waals surface area contributed by atoms with Crippen LogP contribution in [0.4, 0.5) is 5.69 Å². The lowest BCUT2D eigenvalue weighted by Crippen LogP contribution is -2.16. The minimum atomic E-state index is -0.180. The van der Waals surface area contributed by atoms with Gasteiger partial charge in [-0.15, -0.1) is 0 Å². The summed E-state index contributed by atoms with van der Waals surface area (Å²) in [5.41, 5.74) is 4.15. The quantitative estimate of drug-likeness (QED) is 0.405. The van der Waals surface area contributed by atoms with Crippen LogP contribution in [0.5, 0.6) is 11.5 Å². The standard InChI is InChI=1S/C27H32N2O3/c1-5-8-21-9-7-10-25(18-21)32-24-14-11-22(12-15-24)29-27(30)26-16-13-23(28-20(26)4)17-19(3)31-6-2/h7,9-16,18-19H,5-6,8,17H2,1-4H3,(H,29,30). The third-order valence-electron chi connectivity index (χ3n) is 5.12. The molecule has 1 amide bonds. The summed E-state index contributed by atoms with van der Waals surface area (Å²) in [6.07, 6.45) is 2.95. The second-order valence-electron chi connectivity index (χ2n) is 7.88. The molecule has 0 spiro atoms. The molecule has 3 rings (SSSR count). The molecule has 2 aromatic carbocycles. The number of ether oxygens (including phenoxy) is 2. The maximum atomic E-state index is 12.7. The molecule has 1 atom stereocenters. The highest BCUT2D eigenvalue weighted by Gasteiger charge is 2.13. The number of nitrogens with zero attached hydrogens (tertiary/aromatic N) is 1. The summed E-state index contributed by atoms with van der Waals surface area (Å²) in [5, 5.41) is 2.94. The summed E-state index contributed by atoms with van der Waals surface area (Å²) in [4.78, 5) is 17.3. The zero-order chi connectivity index (χ0) is 22.9. The fraction of sp³-hybridized carbons (Fsp3) is 0.333. The Morgan fingerprint density at radius 1 is 1.03 bits per heavy atom. The van der Waals surface area contributed by atoms with Crippen molar-refractivity contribution in [1.29, 1.82) is 0 Å². The third kappa shape index (κ3) is 6.66. The molecule has 32 heavy (non-hydrogen) atoms. The fourth-order valence-corrected chi connectivity index (χ4v) is 3.60. The zero-order valence-corrected chi connectivity index (χ0v) is 19.4. The van der Waals surface area contributed by atoms with Gasteiger partial charge in [-0.2, -0.15) is 0 Å². The Morgan fingerprint density at radius 2 is 1.81 bits per heavy atom. The first-order valence-corrected chi connectivity index (χ1v) is 11.2. The van der Waals surface area contributed by atoms with Gasteiger partial charge in [0.05, 0.1) is 17.4 Å². The first-order chi connectivity index (χ1) is 15.5. The van der Waals surface area contributed by atoms with Crippen LogP contribution in [-0.4, -0.2) is 23.6 Å². The molecule has 5 heteroatoms. The van der Waals surface area contributed by atoms with Crippen LogP contribution in [0, 0.1) is 6.92 Å². The maximum Gasteiger partial charge on any atom is 0.257 e. The Bertz CT molecular complexity index is 1030. The van der Waals surface area contributed by atoms with Crippen molar-refractivity contribution in [2.45, 2.75) is 53.1 Å². The van der Waals surface area contributed by atoms with Crippen molar-refractivity contribution >= 4 is 11.6 Å². The molecule has 5 nitrogen and oxygen atoms in total. The lowest BCUT2D eigenvalue weighted by atomic mass is 10.1. The Hall–Kier alpha value is -3.18. The lowest BCUT2D eigenvalue weighted by molar-refractivity contribution is 0.0761. The molecule has 168 valence electrons. The van der Waals surface area contributed by atoms with Gasteiger partial charge in [-0.3, -0.25) is 9.78 Å². The van der Waals surface area contributed by atoms with Gasteiger partial charge in [0.2, 0.25) is 0 Å². The molecule has 3 aromatic rings. The Balaban J connectivity index is 1.61. The van der Waals surface area contributed by atoms with Gasteiger partial charge in [0.25, 0.3) is 5.91 Å². The number of anilines is 1. The molecule has 0 saturated heterocycles. The van der Waals surface area contributed by atoms with E-state index in [-0.39, 0.29) is 12.0 Å². The highest BCUT2D eigenvalue weighted by Crippen LogP contribution is 2.24. The fourth-order valence-electron chi connectivity index (χ4n) is 3.60. The third-order valence-corrected chi connectivity index (χ3v) is 5.12. The SMILES string of the molecule is CCCc1cccc(Oc2ccc(NC(=O)c3ccc(CC(C)OCC)nc3C)cc2)c1. The Kier molecular flexibility index (Phi) is 8.40. The van der Waals surface area contributed by atoms with Crippen molar-refractivity contribution in [1.82, 2.24) is 4.98 Å². The van der Waals surface area contributed by atoms with Gasteiger partial charge in [-0.1, -0.05) is 25.5 Å². The van der Waals surface area contributed by atoms with Gasteiger partial charge >= 0.3 is 0 Å². The van der Waals surface area contributed by atoms with E-state index in [1.54, 1.807) is 0 Å². The Labute approximate surface area is 190 Å².